The molecule has 4 aliphatic rings. The molecule has 3 N–H and O–H groups in total. The minimum absolute atomic E-state index is 0.101. The van der Waals surface area contributed by atoms with Crippen molar-refractivity contribution in [1.29, 1.82) is 0 Å². The molecule has 7 nitrogen and oxygen atoms in total. The number of hydrogen-bond acceptors (Lipinski definition) is 5. The molecular formula is C26H40N2O5. The van der Waals surface area contributed by atoms with Crippen LogP contribution in [0.25, 0.3) is 0 Å². The number of oxime groups is 1. The van der Waals surface area contributed by atoms with Crippen LogP contribution < -0.4 is 5.32 Å². The van der Waals surface area contributed by atoms with Gasteiger partial charge in [0, 0.05) is 0 Å². The van der Waals surface area contributed by atoms with Crippen molar-refractivity contribution in [3.8, 4) is 0 Å². The topological polar surface area (TPSA) is 108 Å². The van der Waals surface area contributed by atoms with Gasteiger partial charge < -0.3 is 20.4 Å². The molecule has 3 saturated carbocycles. The number of hydrogen-bond donors (Lipinski definition) is 3. The second kappa shape index (κ2) is 9.05. The molecule has 0 spiro atoms. The van der Waals surface area contributed by atoms with Gasteiger partial charge in [-0.15, -0.1) is 0 Å². The Morgan fingerprint density at radius 1 is 1.15 bits per heavy atom. The van der Waals surface area contributed by atoms with Crippen LogP contribution in [0.1, 0.15) is 79.1 Å². The van der Waals surface area contributed by atoms with Gasteiger partial charge in [0.05, 0.1) is 11.8 Å². The van der Waals surface area contributed by atoms with Crippen molar-refractivity contribution < 1.29 is 24.6 Å². The number of aliphatic carboxylic acids is 1. The summed E-state index contributed by atoms with van der Waals surface area (Å²) < 4.78 is 0. The Morgan fingerprint density at radius 3 is 2.61 bits per heavy atom. The van der Waals surface area contributed by atoms with Crippen molar-refractivity contribution in [3.63, 3.8) is 0 Å². The highest BCUT2D eigenvalue weighted by molar-refractivity contribution is 5.96. The Bertz CT molecular complexity index is 852. The van der Waals surface area contributed by atoms with Crippen molar-refractivity contribution in [3.05, 3.63) is 11.6 Å². The molecule has 1 amide bonds. The van der Waals surface area contributed by atoms with Gasteiger partial charge in [-0.05, 0) is 91.9 Å². The van der Waals surface area contributed by atoms with Gasteiger partial charge in [0.15, 0.2) is 6.61 Å². The van der Waals surface area contributed by atoms with Crippen LogP contribution in [0.4, 0.5) is 0 Å². The fraction of sp³-hybridized carbons (Fsp3) is 0.808. The number of carboxylic acids is 1. The third kappa shape index (κ3) is 4.33. The molecule has 0 aromatic heterocycles. The first-order valence-corrected chi connectivity index (χ1v) is 12.7. The van der Waals surface area contributed by atoms with Gasteiger partial charge in [-0.1, -0.05) is 38.4 Å². The molecule has 0 radical (unpaired) electrons. The average molecular weight is 461 g/mol. The van der Waals surface area contributed by atoms with Crippen molar-refractivity contribution in [1.82, 2.24) is 5.32 Å². The largest absolute Gasteiger partial charge is 0.480 e. The van der Waals surface area contributed by atoms with E-state index in [9.17, 15) is 19.8 Å². The minimum atomic E-state index is -1.05. The number of aliphatic hydroxyl groups is 1. The van der Waals surface area contributed by atoms with Crippen LogP contribution in [0.15, 0.2) is 16.8 Å². The molecule has 0 heterocycles. The first-order chi connectivity index (χ1) is 15.6. The number of carboxylic acid groups (broad SMARTS) is 1. The van der Waals surface area contributed by atoms with Crippen molar-refractivity contribution >= 4 is 17.6 Å². The van der Waals surface area contributed by atoms with Gasteiger partial charge in [-0.3, -0.25) is 4.79 Å². The fourth-order valence-corrected chi connectivity index (χ4v) is 7.52. The summed E-state index contributed by atoms with van der Waals surface area (Å²) in [6.45, 7) is 7.96. The third-order valence-corrected chi connectivity index (χ3v) is 9.55. The number of amides is 1. The Balaban J connectivity index is 1.39. The first-order valence-electron chi connectivity index (χ1n) is 12.7. The Kier molecular flexibility index (Phi) is 6.64. The van der Waals surface area contributed by atoms with Gasteiger partial charge in [0.2, 0.25) is 0 Å². The Hall–Kier alpha value is -1.89. The summed E-state index contributed by atoms with van der Waals surface area (Å²) in [4.78, 5) is 28.6. The molecule has 33 heavy (non-hydrogen) atoms. The summed E-state index contributed by atoms with van der Waals surface area (Å²) in [7, 11) is 0. The van der Waals surface area contributed by atoms with Crippen LogP contribution in [0.2, 0.25) is 0 Å². The number of fused-ring (bicyclic) bond motifs is 5. The second-order valence-corrected chi connectivity index (χ2v) is 11.6. The van der Waals surface area contributed by atoms with Gasteiger partial charge in [0.1, 0.15) is 6.04 Å². The SMILES string of the molecule is CC(C)[C@H](NC(=O)CO/N=C1/C=C2CC[C@H]3[C@H]4CC[C@H](O)[C@@]4(C)CC[C@@H]3[C@@]2(C)CC1)C(=O)O. The summed E-state index contributed by atoms with van der Waals surface area (Å²) >= 11 is 0. The predicted molar refractivity (Wildman–Crippen MR) is 126 cm³/mol. The molecule has 3 fully saturated rings. The molecule has 0 aromatic carbocycles. The summed E-state index contributed by atoms with van der Waals surface area (Å²) in [6, 6.07) is -0.931. The molecule has 0 unspecified atom stereocenters. The first kappa shape index (κ1) is 24.2. The molecule has 7 heteroatoms. The minimum Gasteiger partial charge on any atom is -0.480 e. The number of carbonyl (C=O) groups is 2. The van der Waals surface area contributed by atoms with Crippen LogP contribution in [-0.4, -0.2) is 46.6 Å². The van der Waals surface area contributed by atoms with E-state index >= 15 is 0 Å². The van der Waals surface area contributed by atoms with E-state index in [4.69, 9.17) is 4.84 Å². The van der Waals surface area contributed by atoms with Gasteiger partial charge in [-0.25, -0.2) is 4.79 Å². The highest BCUT2D eigenvalue weighted by atomic mass is 16.6. The van der Waals surface area contributed by atoms with Gasteiger partial charge in [-0.2, -0.15) is 0 Å². The Labute approximate surface area is 197 Å². The zero-order valence-corrected chi connectivity index (χ0v) is 20.5. The molecule has 4 rings (SSSR count). The highest BCUT2D eigenvalue weighted by Gasteiger charge is 2.58. The molecule has 0 aromatic rings. The van der Waals surface area contributed by atoms with E-state index < -0.39 is 17.9 Å². The van der Waals surface area contributed by atoms with E-state index in [1.807, 2.05) is 0 Å². The van der Waals surface area contributed by atoms with Crippen LogP contribution in [0, 0.1) is 34.5 Å². The monoisotopic (exact) mass is 460 g/mol. The molecule has 0 bridgehead atoms. The predicted octanol–water partition coefficient (Wildman–Crippen LogP) is 3.91. The lowest BCUT2D eigenvalue weighted by Crippen LogP contribution is -2.51. The van der Waals surface area contributed by atoms with Crippen molar-refractivity contribution in [2.24, 2.45) is 39.7 Å². The van der Waals surface area contributed by atoms with Crippen LogP contribution >= 0.6 is 0 Å². The lowest BCUT2D eigenvalue weighted by atomic mass is 9.47. The summed E-state index contributed by atoms with van der Waals surface area (Å²) in [5, 5.41) is 26.6. The zero-order chi connectivity index (χ0) is 24.0. The third-order valence-electron chi connectivity index (χ3n) is 9.55. The van der Waals surface area contributed by atoms with E-state index in [1.165, 1.54) is 18.4 Å². The van der Waals surface area contributed by atoms with Crippen LogP contribution in [0.5, 0.6) is 0 Å². The smallest absolute Gasteiger partial charge is 0.326 e. The summed E-state index contributed by atoms with van der Waals surface area (Å²) in [6.07, 6.45) is 10.6. The number of rotatable bonds is 6. The molecule has 4 aliphatic carbocycles. The van der Waals surface area contributed by atoms with E-state index in [1.54, 1.807) is 13.8 Å². The maximum Gasteiger partial charge on any atom is 0.326 e. The van der Waals surface area contributed by atoms with E-state index in [0.717, 1.165) is 44.2 Å². The summed E-state index contributed by atoms with van der Waals surface area (Å²) in [5.41, 5.74) is 2.60. The molecule has 0 saturated heterocycles. The molecule has 0 aliphatic heterocycles. The quantitative estimate of drug-likeness (QED) is 0.521. The van der Waals surface area contributed by atoms with Crippen LogP contribution in [0.3, 0.4) is 0 Å². The maximum atomic E-state index is 12.1. The number of nitrogens with one attached hydrogen (secondary N) is 1. The highest BCUT2D eigenvalue weighted by Crippen LogP contribution is 2.65. The van der Waals surface area contributed by atoms with Crippen LogP contribution in [-0.2, 0) is 14.4 Å². The zero-order valence-electron chi connectivity index (χ0n) is 20.5. The standard InChI is InChI=1S/C26H40N2O5/c1-15(2)23(24(31)32)27-22(30)14-33-28-17-9-11-25(3)16(13-17)5-6-18-19-7-8-21(29)26(19,4)12-10-20(18)25/h13,15,18-21,23,29H,5-12,14H2,1-4H3,(H,27,30)(H,31,32)/b28-17+/t18-,19+,20-,21-,23-,25-,26-/m0/s1. The van der Waals surface area contributed by atoms with E-state index in [0.29, 0.717) is 17.8 Å². The number of carbonyl (C=O) groups excluding carboxylic acids is 1. The number of aliphatic hydroxyl groups excluding tert-OH is 1. The maximum absolute atomic E-state index is 12.1. The Morgan fingerprint density at radius 2 is 1.91 bits per heavy atom. The molecule has 7 atom stereocenters. The van der Waals surface area contributed by atoms with E-state index in [-0.39, 0.29) is 29.5 Å². The summed E-state index contributed by atoms with van der Waals surface area (Å²) in [5.74, 6) is 0.272. The van der Waals surface area contributed by atoms with Crippen molar-refractivity contribution in [2.75, 3.05) is 6.61 Å². The lowest BCUT2D eigenvalue weighted by molar-refractivity contribution is -0.143. The van der Waals surface area contributed by atoms with Gasteiger partial charge in [0.25, 0.3) is 5.91 Å². The molecule has 184 valence electrons. The average Bonchev–Trinajstić information content (AvgIpc) is 3.06. The number of allylic oxidation sites excluding steroid dienone is 2. The second-order valence-electron chi connectivity index (χ2n) is 11.6. The lowest BCUT2D eigenvalue weighted by Gasteiger charge is -2.57. The van der Waals surface area contributed by atoms with Crippen molar-refractivity contribution in [2.45, 2.75) is 91.2 Å². The van der Waals surface area contributed by atoms with E-state index in [2.05, 4.69) is 30.4 Å². The van der Waals surface area contributed by atoms with Gasteiger partial charge >= 0.3 is 5.97 Å². The molecular weight excluding hydrogens is 420 g/mol. The normalized spacial score (nSPS) is 39.8. The fourth-order valence-electron chi connectivity index (χ4n) is 7.52. The number of nitrogens with zero attached hydrogens (tertiary/aromatic N) is 1.